The van der Waals surface area contributed by atoms with E-state index in [1.807, 2.05) is 51.2 Å². The van der Waals surface area contributed by atoms with Gasteiger partial charge < -0.3 is 40.0 Å². The lowest BCUT2D eigenvalue weighted by molar-refractivity contribution is -0.123. The monoisotopic (exact) mass is 724 g/mol. The molecule has 4 heterocycles. The second kappa shape index (κ2) is 14.2. The Balaban J connectivity index is 1.31. The van der Waals surface area contributed by atoms with Crippen LogP contribution in [0.4, 0.5) is 5.69 Å². The van der Waals surface area contributed by atoms with Crippen molar-refractivity contribution >= 4 is 28.9 Å². The number of nitriles is 1. The molecule has 1 unspecified atom stereocenters. The molecule has 4 aliphatic heterocycles. The van der Waals surface area contributed by atoms with Gasteiger partial charge in [0.15, 0.2) is 28.1 Å². The molecule has 6 atom stereocenters. The zero-order valence-electron chi connectivity index (χ0n) is 30.0. The first-order valence-corrected chi connectivity index (χ1v) is 17.9. The number of aromatic hydroxyl groups is 1. The number of hydrogen-bond acceptors (Lipinski definition) is 10. The molecule has 0 aliphatic carbocycles. The Morgan fingerprint density at radius 3 is 2.63 bits per heavy atom. The molecular formula is C39H44N6O6S. The van der Waals surface area contributed by atoms with E-state index in [-0.39, 0.29) is 49.7 Å². The predicted octanol–water partition coefficient (Wildman–Crippen LogP) is 4.57. The Hall–Kier alpha value is -5.03. The molecule has 4 N–H and O–H groups in total. The van der Waals surface area contributed by atoms with Gasteiger partial charge in [-0.05, 0) is 76.1 Å². The fourth-order valence-electron chi connectivity index (χ4n) is 8.67. The number of piperazine rings is 1. The molecule has 12 nitrogen and oxygen atoms in total. The molecule has 1 amide bonds. The van der Waals surface area contributed by atoms with Crippen molar-refractivity contribution in [2.24, 2.45) is 0 Å². The fourth-order valence-corrected chi connectivity index (χ4v) is 8.96. The zero-order chi connectivity index (χ0) is 36.8. The number of ether oxygens (including phenoxy) is 4. The molecule has 272 valence electrons. The number of para-hydroxylation sites is 1. The van der Waals surface area contributed by atoms with Crippen molar-refractivity contribution in [1.29, 1.82) is 5.26 Å². The Bertz CT molecular complexity index is 1970. The summed E-state index contributed by atoms with van der Waals surface area (Å²) < 4.78 is 24.3. The van der Waals surface area contributed by atoms with Crippen LogP contribution in [0, 0.1) is 25.2 Å². The molecule has 1 fully saturated rings. The average Bonchev–Trinajstić information content (AvgIpc) is 3.62. The highest BCUT2D eigenvalue weighted by Crippen LogP contribution is 2.58. The minimum absolute atomic E-state index is 0.0406. The molecular weight excluding hydrogens is 681 g/mol. The third-order valence-electron chi connectivity index (χ3n) is 10.9. The molecule has 7 rings (SSSR count). The first-order chi connectivity index (χ1) is 25.1. The minimum Gasteiger partial charge on any atom is -0.504 e. The van der Waals surface area contributed by atoms with E-state index in [4.69, 9.17) is 31.2 Å². The van der Waals surface area contributed by atoms with Crippen LogP contribution in [0.2, 0.25) is 0 Å². The van der Waals surface area contributed by atoms with Crippen LogP contribution < -0.4 is 34.9 Å². The smallest absolute Gasteiger partial charge is 0.242 e. The van der Waals surface area contributed by atoms with Gasteiger partial charge in [-0.15, -0.1) is 0 Å². The molecule has 3 aromatic carbocycles. The van der Waals surface area contributed by atoms with Gasteiger partial charge in [0.1, 0.15) is 24.4 Å². The largest absolute Gasteiger partial charge is 0.504 e. The van der Waals surface area contributed by atoms with Crippen LogP contribution in [0.25, 0.3) is 0 Å². The number of thiocarbonyl (C=S) groups is 1. The molecule has 3 aromatic rings. The number of nitrogens with one attached hydrogen (secondary N) is 3. The van der Waals surface area contributed by atoms with E-state index in [0.29, 0.717) is 41.0 Å². The van der Waals surface area contributed by atoms with Crippen LogP contribution in [0.5, 0.6) is 28.7 Å². The third-order valence-corrected chi connectivity index (χ3v) is 11.1. The number of methoxy groups -OCH3 is 1. The number of phenolic OH excluding ortho intramolecular Hbond substituents is 1. The number of benzene rings is 3. The number of phenols is 1. The zero-order valence-corrected chi connectivity index (χ0v) is 30.8. The van der Waals surface area contributed by atoms with Gasteiger partial charge in [-0.2, -0.15) is 5.26 Å². The highest BCUT2D eigenvalue weighted by molar-refractivity contribution is 7.80. The third kappa shape index (κ3) is 5.84. The van der Waals surface area contributed by atoms with Gasteiger partial charge in [0.05, 0.1) is 25.3 Å². The second-order valence-corrected chi connectivity index (χ2v) is 14.2. The van der Waals surface area contributed by atoms with Crippen LogP contribution in [-0.2, 0) is 17.6 Å². The first-order valence-electron chi connectivity index (χ1n) is 17.5. The fraction of sp³-hybridized carbons (Fsp3) is 0.410. The molecule has 0 aromatic heterocycles. The topological polar surface area (TPSA) is 141 Å². The lowest BCUT2D eigenvalue weighted by Gasteiger charge is -2.60. The van der Waals surface area contributed by atoms with E-state index in [1.165, 1.54) is 0 Å². The summed E-state index contributed by atoms with van der Waals surface area (Å²) in [4.78, 5) is 18.2. The summed E-state index contributed by atoms with van der Waals surface area (Å²) >= 11 is 5.51. The van der Waals surface area contributed by atoms with E-state index in [0.717, 1.165) is 39.1 Å². The number of rotatable bonds is 9. The highest BCUT2D eigenvalue weighted by Gasteiger charge is 2.56. The summed E-state index contributed by atoms with van der Waals surface area (Å²) in [5.74, 6) is 2.14. The number of nitrogens with zero attached hydrogens (tertiary/aromatic N) is 3. The van der Waals surface area contributed by atoms with Gasteiger partial charge in [0, 0.05) is 46.6 Å². The number of carbonyl (C=O) groups excluding carboxylic acids is 1. The van der Waals surface area contributed by atoms with Gasteiger partial charge in [-0.1, -0.05) is 36.9 Å². The minimum atomic E-state index is -0.671. The molecule has 0 spiro atoms. The Kier molecular flexibility index (Phi) is 9.65. The van der Waals surface area contributed by atoms with Gasteiger partial charge in [0.2, 0.25) is 12.7 Å². The molecule has 13 heteroatoms. The molecule has 4 aliphatic rings. The molecule has 2 bridgehead atoms. The van der Waals surface area contributed by atoms with Gasteiger partial charge in [-0.3, -0.25) is 14.6 Å². The van der Waals surface area contributed by atoms with E-state index in [2.05, 4.69) is 44.5 Å². The van der Waals surface area contributed by atoms with Crippen molar-refractivity contribution in [3.63, 3.8) is 0 Å². The number of aryl methyl sites for hydroxylation is 1. The van der Waals surface area contributed by atoms with Crippen LogP contribution in [0.1, 0.15) is 52.4 Å². The van der Waals surface area contributed by atoms with Crippen molar-refractivity contribution in [3.05, 3.63) is 82.4 Å². The Morgan fingerprint density at radius 2 is 1.92 bits per heavy atom. The van der Waals surface area contributed by atoms with Gasteiger partial charge in [-0.25, -0.2) is 0 Å². The SMILES string of the molecule is C=CCOc1c(C)c2c(c3c1CC1[C@H]4c5c(cc(C)c(OC)c5O)C[C@@H]([C@H](C#N)N1[C@H]3CNC(=O)[C@H](C)NC(=S)Nc1ccccc1)N4C)OCO2. The van der Waals surface area contributed by atoms with Gasteiger partial charge >= 0.3 is 0 Å². The van der Waals surface area contributed by atoms with E-state index in [1.54, 1.807) is 20.1 Å². The lowest BCUT2D eigenvalue weighted by atomic mass is 9.71. The average molecular weight is 725 g/mol. The summed E-state index contributed by atoms with van der Waals surface area (Å²) in [6.07, 6.45) is 2.74. The van der Waals surface area contributed by atoms with Crippen molar-refractivity contribution in [1.82, 2.24) is 20.4 Å². The summed E-state index contributed by atoms with van der Waals surface area (Å²) in [6.45, 7) is 9.96. The van der Waals surface area contributed by atoms with Crippen LogP contribution in [0.15, 0.2) is 49.1 Å². The Morgan fingerprint density at radius 1 is 1.17 bits per heavy atom. The highest BCUT2D eigenvalue weighted by atomic mass is 32.1. The number of amides is 1. The maximum Gasteiger partial charge on any atom is 0.242 e. The number of hydrogen-bond donors (Lipinski definition) is 4. The Labute approximate surface area is 309 Å². The number of fused-ring (bicyclic) bond motifs is 9. The quantitative estimate of drug-likeness (QED) is 0.182. The normalized spacial score (nSPS) is 23.2. The maximum absolute atomic E-state index is 13.8. The first kappa shape index (κ1) is 35.4. The summed E-state index contributed by atoms with van der Waals surface area (Å²) in [6, 6.07) is 11.7. The van der Waals surface area contributed by atoms with Crippen molar-refractivity contribution in [3.8, 4) is 34.8 Å². The summed E-state index contributed by atoms with van der Waals surface area (Å²) in [7, 11) is 3.59. The standard InChI is InChI=1S/C39H44N6O6S/c1-7-13-49-35-21(3)36-37(51-19-50-36)31-25(35)16-27-32-30-23(14-20(2)34(48-6)33(30)46)15-26(44(32)5)28(17-40)45(27)29(31)18-41-38(47)22(4)42-39(52)43-24-11-9-8-10-12-24/h7-12,14,22,26-29,32,46H,1,13,15-16,18-19H2,2-6H3,(H,41,47)(H2,42,43,52)/t22-,26-,27?,28-,29-,32-/m0/s1. The van der Waals surface area contributed by atoms with Crippen LogP contribution in [-0.4, -0.2) is 84.2 Å². The summed E-state index contributed by atoms with van der Waals surface area (Å²) in [5.41, 5.74) is 5.99. The van der Waals surface area contributed by atoms with Crippen molar-refractivity contribution < 1.29 is 28.8 Å². The summed E-state index contributed by atoms with van der Waals surface area (Å²) in [5, 5.41) is 32.4. The van der Waals surface area contributed by atoms with Crippen LogP contribution in [0.3, 0.4) is 0 Å². The number of anilines is 1. The van der Waals surface area contributed by atoms with E-state index in [9.17, 15) is 15.2 Å². The van der Waals surface area contributed by atoms with Gasteiger partial charge in [0.25, 0.3) is 0 Å². The number of carbonyl (C=O) groups is 1. The van der Waals surface area contributed by atoms with E-state index >= 15 is 0 Å². The lowest BCUT2D eigenvalue weighted by Crippen LogP contribution is -2.69. The van der Waals surface area contributed by atoms with Crippen molar-refractivity contribution in [2.45, 2.75) is 69.9 Å². The maximum atomic E-state index is 13.8. The van der Waals surface area contributed by atoms with E-state index < -0.39 is 18.1 Å². The molecule has 1 saturated heterocycles. The molecule has 0 saturated carbocycles. The predicted molar refractivity (Wildman–Crippen MR) is 200 cm³/mol. The van der Waals surface area contributed by atoms with Crippen molar-refractivity contribution in [2.75, 3.05) is 39.4 Å². The number of likely N-dealkylation sites (N-methyl/N-ethyl adjacent to an activating group) is 1. The van der Waals surface area contributed by atoms with Crippen LogP contribution >= 0.6 is 12.2 Å². The second-order valence-electron chi connectivity index (χ2n) is 13.8. The molecule has 0 radical (unpaired) electrons. The molecule has 52 heavy (non-hydrogen) atoms.